The van der Waals surface area contributed by atoms with Gasteiger partial charge in [0.25, 0.3) is 0 Å². The third-order valence-electron chi connectivity index (χ3n) is 2.68. The molecular formula is C13H25N3O. The van der Waals surface area contributed by atoms with E-state index in [-0.39, 0.29) is 6.10 Å². The first kappa shape index (κ1) is 14.2. The second kappa shape index (κ2) is 6.77. The minimum atomic E-state index is 0.263. The van der Waals surface area contributed by atoms with Gasteiger partial charge in [0.1, 0.15) is 0 Å². The zero-order chi connectivity index (χ0) is 12.8. The summed E-state index contributed by atoms with van der Waals surface area (Å²) in [5, 5.41) is 7.91. The lowest BCUT2D eigenvalue weighted by atomic mass is 10.1. The van der Waals surface area contributed by atoms with Gasteiger partial charge in [-0.15, -0.1) is 0 Å². The number of ether oxygens (including phenoxy) is 1. The molecular weight excluding hydrogens is 214 g/mol. The zero-order valence-corrected chi connectivity index (χ0v) is 11.7. The van der Waals surface area contributed by atoms with Gasteiger partial charge in [0.05, 0.1) is 11.8 Å². The molecule has 0 amide bonds. The molecule has 0 saturated heterocycles. The van der Waals surface area contributed by atoms with Crippen LogP contribution in [0, 0.1) is 0 Å². The highest BCUT2D eigenvalue weighted by Crippen LogP contribution is 2.16. The molecule has 4 nitrogen and oxygen atoms in total. The molecule has 1 rings (SSSR count). The molecule has 0 fully saturated rings. The van der Waals surface area contributed by atoms with Gasteiger partial charge in [0.2, 0.25) is 0 Å². The van der Waals surface area contributed by atoms with Crippen molar-refractivity contribution in [2.45, 2.75) is 46.3 Å². The molecule has 98 valence electrons. The van der Waals surface area contributed by atoms with Crippen molar-refractivity contribution in [3.05, 3.63) is 17.5 Å². The molecule has 0 aliphatic rings. The highest BCUT2D eigenvalue weighted by molar-refractivity contribution is 5.19. The second-order valence-electron chi connectivity index (χ2n) is 4.76. The predicted molar refractivity (Wildman–Crippen MR) is 70.1 cm³/mol. The van der Waals surface area contributed by atoms with E-state index in [9.17, 15) is 0 Å². The smallest absolute Gasteiger partial charge is 0.0694 e. The lowest BCUT2D eigenvalue weighted by molar-refractivity contribution is 0.0759. The van der Waals surface area contributed by atoms with Crippen LogP contribution in [0.25, 0.3) is 0 Å². The van der Waals surface area contributed by atoms with Gasteiger partial charge in [0, 0.05) is 38.5 Å². The number of aromatic nitrogens is 2. The zero-order valence-electron chi connectivity index (χ0n) is 11.7. The summed E-state index contributed by atoms with van der Waals surface area (Å²) in [7, 11) is 1.97. The first-order valence-electron chi connectivity index (χ1n) is 6.39. The van der Waals surface area contributed by atoms with Gasteiger partial charge >= 0.3 is 0 Å². The molecule has 0 radical (unpaired) electrons. The van der Waals surface area contributed by atoms with Crippen molar-refractivity contribution in [1.29, 1.82) is 0 Å². The van der Waals surface area contributed by atoms with Gasteiger partial charge in [0.15, 0.2) is 0 Å². The van der Waals surface area contributed by atoms with Crippen LogP contribution in [0.3, 0.4) is 0 Å². The van der Waals surface area contributed by atoms with E-state index in [4.69, 9.17) is 4.74 Å². The number of hydrogen-bond donors (Lipinski definition) is 1. The Balaban J connectivity index is 2.46. The Bertz CT molecular complexity index is 333. The molecule has 1 aromatic heterocycles. The van der Waals surface area contributed by atoms with Crippen LogP contribution >= 0.6 is 0 Å². The molecule has 0 aromatic carbocycles. The molecule has 1 unspecified atom stereocenters. The van der Waals surface area contributed by atoms with Crippen LogP contribution in [-0.4, -0.2) is 29.0 Å². The topological polar surface area (TPSA) is 39.1 Å². The first-order chi connectivity index (χ1) is 8.04. The lowest BCUT2D eigenvalue weighted by Gasteiger charge is -2.12. The molecule has 4 heteroatoms. The molecule has 0 aliphatic heterocycles. The Labute approximate surface area is 104 Å². The summed E-state index contributed by atoms with van der Waals surface area (Å²) in [6.45, 7) is 11.0. The molecule has 1 atom stereocenters. The Hall–Kier alpha value is -0.870. The summed E-state index contributed by atoms with van der Waals surface area (Å²) in [5.74, 6) is 0.470. The summed E-state index contributed by atoms with van der Waals surface area (Å²) >= 11 is 0. The van der Waals surface area contributed by atoms with Gasteiger partial charge < -0.3 is 10.1 Å². The van der Waals surface area contributed by atoms with E-state index in [1.165, 1.54) is 11.3 Å². The number of nitrogens with zero attached hydrogens (tertiary/aromatic N) is 2. The van der Waals surface area contributed by atoms with E-state index in [1.54, 1.807) is 0 Å². The van der Waals surface area contributed by atoms with E-state index >= 15 is 0 Å². The van der Waals surface area contributed by atoms with Crippen molar-refractivity contribution >= 4 is 0 Å². The summed E-state index contributed by atoms with van der Waals surface area (Å²) < 4.78 is 7.37. The normalized spacial score (nSPS) is 13.3. The van der Waals surface area contributed by atoms with Crippen LogP contribution in [0.4, 0.5) is 0 Å². The summed E-state index contributed by atoms with van der Waals surface area (Å²) in [5.41, 5.74) is 2.47. The first-order valence-corrected chi connectivity index (χ1v) is 6.39. The lowest BCUT2D eigenvalue weighted by Crippen LogP contribution is -2.26. The molecule has 0 aliphatic carbocycles. The van der Waals surface area contributed by atoms with Crippen molar-refractivity contribution in [3.63, 3.8) is 0 Å². The average molecular weight is 239 g/mol. The maximum Gasteiger partial charge on any atom is 0.0694 e. The largest absolute Gasteiger partial charge is 0.377 e. The maximum absolute atomic E-state index is 5.48. The van der Waals surface area contributed by atoms with Gasteiger partial charge in [-0.1, -0.05) is 13.8 Å². The molecule has 0 saturated carbocycles. The van der Waals surface area contributed by atoms with E-state index in [1.807, 2.05) is 18.7 Å². The van der Waals surface area contributed by atoms with E-state index < -0.39 is 0 Å². The third kappa shape index (κ3) is 4.48. The Morgan fingerprint density at radius 2 is 2.12 bits per heavy atom. The molecule has 0 spiro atoms. The maximum atomic E-state index is 5.48. The number of hydrogen-bond acceptors (Lipinski definition) is 3. The molecule has 1 N–H and O–H groups in total. The quantitative estimate of drug-likeness (QED) is 0.791. The average Bonchev–Trinajstić information content (AvgIpc) is 2.60. The number of nitrogens with one attached hydrogen (secondary N) is 1. The van der Waals surface area contributed by atoms with E-state index in [0.29, 0.717) is 5.92 Å². The Kier molecular flexibility index (Phi) is 5.65. The van der Waals surface area contributed by atoms with Crippen molar-refractivity contribution in [3.8, 4) is 0 Å². The van der Waals surface area contributed by atoms with Crippen molar-refractivity contribution in [1.82, 2.24) is 15.1 Å². The van der Waals surface area contributed by atoms with Crippen LogP contribution in [-0.2, 0) is 18.3 Å². The number of rotatable bonds is 7. The highest BCUT2D eigenvalue weighted by Gasteiger charge is 2.11. The fourth-order valence-corrected chi connectivity index (χ4v) is 1.93. The van der Waals surface area contributed by atoms with Gasteiger partial charge in [-0.3, -0.25) is 4.68 Å². The van der Waals surface area contributed by atoms with Gasteiger partial charge in [-0.05, 0) is 19.8 Å². The monoisotopic (exact) mass is 239 g/mol. The molecule has 1 aromatic rings. The summed E-state index contributed by atoms with van der Waals surface area (Å²) in [6, 6.07) is 0. The molecule has 1 heterocycles. The van der Waals surface area contributed by atoms with Crippen LogP contribution in [0.5, 0.6) is 0 Å². The van der Waals surface area contributed by atoms with E-state index in [2.05, 4.69) is 37.4 Å². The minimum absolute atomic E-state index is 0.263. The highest BCUT2D eigenvalue weighted by atomic mass is 16.5. The molecule has 17 heavy (non-hydrogen) atoms. The van der Waals surface area contributed by atoms with E-state index in [0.717, 1.165) is 19.7 Å². The van der Waals surface area contributed by atoms with Crippen LogP contribution in [0.15, 0.2) is 6.20 Å². The van der Waals surface area contributed by atoms with Crippen LogP contribution < -0.4 is 5.32 Å². The standard InChI is InChI=1S/C13H25N3O/c1-6-17-11(4)7-14-8-12-9-16(5)15-13(12)10(2)3/h9-11,14H,6-8H2,1-5H3. The Morgan fingerprint density at radius 3 is 2.71 bits per heavy atom. The fraction of sp³-hybridized carbons (Fsp3) is 0.769. The summed E-state index contributed by atoms with van der Waals surface area (Å²) in [6.07, 6.45) is 2.35. The van der Waals surface area contributed by atoms with Crippen LogP contribution in [0.2, 0.25) is 0 Å². The fourth-order valence-electron chi connectivity index (χ4n) is 1.93. The SMILES string of the molecule is CCOC(C)CNCc1cn(C)nc1C(C)C. The van der Waals surface area contributed by atoms with Gasteiger partial charge in [-0.25, -0.2) is 0 Å². The predicted octanol–water partition coefficient (Wildman–Crippen LogP) is 2.06. The second-order valence-corrected chi connectivity index (χ2v) is 4.76. The summed E-state index contributed by atoms with van der Waals surface area (Å²) in [4.78, 5) is 0. The third-order valence-corrected chi connectivity index (χ3v) is 2.68. The Morgan fingerprint density at radius 1 is 1.41 bits per heavy atom. The molecule has 0 bridgehead atoms. The van der Waals surface area contributed by atoms with Gasteiger partial charge in [-0.2, -0.15) is 5.10 Å². The van der Waals surface area contributed by atoms with Crippen LogP contribution in [0.1, 0.15) is 44.9 Å². The minimum Gasteiger partial charge on any atom is -0.377 e. The number of aryl methyl sites for hydroxylation is 1. The van der Waals surface area contributed by atoms with Crippen molar-refractivity contribution in [2.75, 3.05) is 13.2 Å². The van der Waals surface area contributed by atoms with Crippen molar-refractivity contribution < 1.29 is 4.74 Å². The van der Waals surface area contributed by atoms with Crippen molar-refractivity contribution in [2.24, 2.45) is 7.05 Å².